The largest absolute Gasteiger partial charge is 0.317 e. The lowest BCUT2D eigenvalue weighted by Crippen LogP contribution is -2.12. The lowest BCUT2D eigenvalue weighted by molar-refractivity contribution is 0.593. The summed E-state index contributed by atoms with van der Waals surface area (Å²) in [6.07, 6.45) is 0. The van der Waals surface area contributed by atoms with Gasteiger partial charge in [0, 0.05) is 0 Å². The zero-order valence-corrected chi connectivity index (χ0v) is 9.24. The lowest BCUT2D eigenvalue weighted by atomic mass is 10.4. The third kappa shape index (κ3) is 1.87. The molecule has 0 fully saturated rings. The summed E-state index contributed by atoms with van der Waals surface area (Å²) >= 11 is 1.03. The van der Waals surface area contributed by atoms with Gasteiger partial charge in [-0.3, -0.25) is 0 Å². The van der Waals surface area contributed by atoms with Crippen LogP contribution in [-0.4, -0.2) is 14.2 Å². The van der Waals surface area contributed by atoms with Gasteiger partial charge in [-0.2, -0.15) is 0 Å². The zero-order valence-electron chi connectivity index (χ0n) is 7.60. The van der Waals surface area contributed by atoms with Gasteiger partial charge in [0.15, 0.2) is 5.03 Å². The van der Waals surface area contributed by atoms with Crippen LogP contribution in [0.4, 0.5) is 4.39 Å². The maximum absolute atomic E-state index is 13.2. The van der Waals surface area contributed by atoms with Gasteiger partial charge in [0.1, 0.15) is 5.83 Å². The number of sulfone groups is 1. The van der Waals surface area contributed by atoms with E-state index in [0.717, 1.165) is 11.9 Å². The predicted octanol–water partition coefficient (Wildman–Crippen LogP) is 1.85. The monoisotopic (exact) mass is 245 g/mol. The molecular weight excluding hydrogens is 237 g/mol. The Bertz CT molecular complexity index is 496. The highest BCUT2D eigenvalue weighted by molar-refractivity contribution is 8.01. The van der Waals surface area contributed by atoms with Crippen LogP contribution in [0.2, 0.25) is 0 Å². The molecule has 2 rings (SSSR count). The maximum atomic E-state index is 13.2. The first-order valence-electron chi connectivity index (χ1n) is 4.19. The number of benzene rings is 1. The summed E-state index contributed by atoms with van der Waals surface area (Å²) in [6.45, 7) is 0. The van der Waals surface area contributed by atoms with E-state index in [4.69, 9.17) is 0 Å². The smallest absolute Gasteiger partial charge is 0.224 e. The van der Waals surface area contributed by atoms with Gasteiger partial charge in [-0.15, -0.1) is 0 Å². The fourth-order valence-electron chi connectivity index (χ4n) is 1.20. The summed E-state index contributed by atoms with van der Waals surface area (Å²) in [7, 11) is -3.72. The second-order valence-electron chi connectivity index (χ2n) is 2.94. The Morgan fingerprint density at radius 1 is 1.27 bits per heavy atom. The van der Waals surface area contributed by atoms with Gasteiger partial charge >= 0.3 is 0 Å². The minimum atomic E-state index is -3.72. The van der Waals surface area contributed by atoms with Gasteiger partial charge in [0.2, 0.25) is 9.84 Å². The van der Waals surface area contributed by atoms with Crippen molar-refractivity contribution >= 4 is 21.8 Å². The van der Waals surface area contributed by atoms with Crippen LogP contribution in [0.3, 0.4) is 0 Å². The molecule has 0 saturated heterocycles. The first kappa shape index (κ1) is 10.5. The van der Waals surface area contributed by atoms with Crippen molar-refractivity contribution < 1.29 is 12.8 Å². The van der Waals surface area contributed by atoms with E-state index in [9.17, 15) is 12.8 Å². The van der Waals surface area contributed by atoms with E-state index in [1.165, 1.54) is 12.1 Å². The normalized spacial score (nSPS) is 16.6. The third-order valence-corrected chi connectivity index (χ3v) is 4.56. The maximum Gasteiger partial charge on any atom is 0.224 e. The van der Waals surface area contributed by atoms with Gasteiger partial charge < -0.3 is 4.72 Å². The van der Waals surface area contributed by atoms with Crippen LogP contribution >= 0.6 is 11.9 Å². The average molecular weight is 245 g/mol. The second kappa shape index (κ2) is 3.86. The summed E-state index contributed by atoms with van der Waals surface area (Å²) in [5.74, 6) is -0.564. The molecule has 15 heavy (non-hydrogen) atoms. The van der Waals surface area contributed by atoms with Crippen LogP contribution in [-0.2, 0) is 9.84 Å². The molecule has 0 bridgehead atoms. The molecule has 0 radical (unpaired) electrons. The Morgan fingerprint density at radius 2 is 1.93 bits per heavy atom. The quantitative estimate of drug-likeness (QED) is 0.808. The van der Waals surface area contributed by atoms with E-state index in [1.807, 2.05) is 0 Å². The van der Waals surface area contributed by atoms with E-state index in [1.54, 1.807) is 18.2 Å². The van der Waals surface area contributed by atoms with Crippen LogP contribution in [0, 0.1) is 0 Å². The Morgan fingerprint density at radius 3 is 2.47 bits per heavy atom. The molecule has 0 unspecified atom stereocenters. The van der Waals surface area contributed by atoms with Crippen molar-refractivity contribution in [3.63, 3.8) is 0 Å². The number of rotatable bonds is 2. The minimum Gasteiger partial charge on any atom is -0.317 e. The average Bonchev–Trinajstić information content (AvgIpc) is 2.66. The summed E-state index contributed by atoms with van der Waals surface area (Å²) in [5, 5.41) is -0.321. The van der Waals surface area contributed by atoms with Gasteiger partial charge in [-0.25, -0.2) is 12.8 Å². The van der Waals surface area contributed by atoms with Crippen molar-refractivity contribution in [1.29, 1.82) is 0 Å². The first-order chi connectivity index (χ1) is 7.12. The summed E-state index contributed by atoms with van der Waals surface area (Å²) < 4.78 is 39.4. The highest BCUT2D eigenvalue weighted by Gasteiger charge is 2.28. The minimum absolute atomic E-state index is 0.0569. The van der Waals surface area contributed by atoms with E-state index in [0.29, 0.717) is 0 Å². The van der Waals surface area contributed by atoms with Crippen LogP contribution in [0.25, 0.3) is 0 Å². The molecule has 6 heteroatoms. The number of hydrogen-bond donors (Lipinski definition) is 1. The number of hydrogen-bond acceptors (Lipinski definition) is 4. The molecule has 1 aromatic carbocycles. The topological polar surface area (TPSA) is 46.2 Å². The Balaban J connectivity index is 2.50. The number of halogens is 1. The summed E-state index contributed by atoms with van der Waals surface area (Å²) in [5.41, 5.74) is 0. The van der Waals surface area contributed by atoms with Crippen molar-refractivity contribution in [2.45, 2.75) is 4.90 Å². The molecular formula is C9H8FNO2S2. The first-order valence-corrected chi connectivity index (χ1v) is 6.66. The fraction of sp³-hybridized carbons (Fsp3) is 0.111. The molecule has 1 aliphatic heterocycles. The van der Waals surface area contributed by atoms with Gasteiger partial charge in [0.25, 0.3) is 0 Å². The molecule has 1 N–H and O–H groups in total. The van der Waals surface area contributed by atoms with Crippen molar-refractivity contribution in [3.05, 3.63) is 41.2 Å². The molecule has 3 nitrogen and oxygen atoms in total. The molecule has 0 atom stereocenters. The van der Waals surface area contributed by atoms with E-state index >= 15 is 0 Å². The van der Waals surface area contributed by atoms with Gasteiger partial charge in [-0.05, 0) is 24.1 Å². The molecule has 80 valence electrons. The van der Waals surface area contributed by atoms with Crippen molar-refractivity contribution in [3.8, 4) is 0 Å². The van der Waals surface area contributed by atoms with Gasteiger partial charge in [-0.1, -0.05) is 18.2 Å². The van der Waals surface area contributed by atoms with Crippen LogP contribution in [0.15, 0.2) is 46.1 Å². The number of nitrogens with one attached hydrogen (secondary N) is 1. The predicted molar refractivity (Wildman–Crippen MR) is 57.4 cm³/mol. The molecule has 1 heterocycles. The van der Waals surface area contributed by atoms with E-state index < -0.39 is 15.7 Å². The third-order valence-electron chi connectivity index (χ3n) is 1.93. The van der Waals surface area contributed by atoms with Crippen LogP contribution in [0.5, 0.6) is 0 Å². The molecule has 0 aliphatic carbocycles. The van der Waals surface area contributed by atoms with Crippen LogP contribution in [0.1, 0.15) is 0 Å². The molecule has 0 spiro atoms. The Kier molecular flexibility index (Phi) is 2.70. The van der Waals surface area contributed by atoms with E-state index in [-0.39, 0.29) is 15.7 Å². The van der Waals surface area contributed by atoms with Crippen molar-refractivity contribution in [2.75, 3.05) is 5.75 Å². The SMILES string of the molecule is O=S(=O)(C1=C(F)CSN1)c1ccccc1. The second-order valence-corrected chi connectivity index (χ2v) is 5.61. The highest BCUT2D eigenvalue weighted by Crippen LogP contribution is 2.28. The molecule has 0 amide bonds. The van der Waals surface area contributed by atoms with E-state index in [2.05, 4.69) is 4.72 Å². The molecule has 0 aromatic heterocycles. The Labute approximate surface area is 91.4 Å². The fourth-order valence-corrected chi connectivity index (χ4v) is 3.61. The van der Waals surface area contributed by atoms with Crippen LogP contribution < -0.4 is 4.72 Å². The standard InChI is InChI=1S/C9H8FNO2S2/c10-8-6-14-11-9(8)15(12,13)7-4-2-1-3-5-7/h1-5,11H,6H2. The molecule has 0 saturated carbocycles. The zero-order chi connectivity index (χ0) is 10.9. The molecule has 1 aromatic rings. The molecule has 1 aliphatic rings. The summed E-state index contributed by atoms with van der Waals surface area (Å²) in [6, 6.07) is 7.81. The van der Waals surface area contributed by atoms with Crippen molar-refractivity contribution in [2.24, 2.45) is 0 Å². The van der Waals surface area contributed by atoms with Gasteiger partial charge in [0.05, 0.1) is 10.6 Å². The highest BCUT2D eigenvalue weighted by atomic mass is 32.2. The lowest BCUT2D eigenvalue weighted by Gasteiger charge is -2.04. The van der Waals surface area contributed by atoms with Crippen molar-refractivity contribution in [1.82, 2.24) is 4.72 Å². The summed E-state index contributed by atoms with van der Waals surface area (Å²) in [4.78, 5) is 0.102. The Hall–Kier alpha value is -1.01.